The van der Waals surface area contributed by atoms with Gasteiger partial charge in [0.05, 0.1) is 12.7 Å². The van der Waals surface area contributed by atoms with Crippen LogP contribution in [-0.2, 0) is 4.74 Å². The summed E-state index contributed by atoms with van der Waals surface area (Å²) in [5, 5.41) is 0. The van der Waals surface area contributed by atoms with Gasteiger partial charge in [-0.1, -0.05) is 12.7 Å². The molecule has 4 nitrogen and oxygen atoms in total. The van der Waals surface area contributed by atoms with Gasteiger partial charge in [-0.05, 0) is 31.2 Å². The van der Waals surface area contributed by atoms with Crippen LogP contribution in [-0.4, -0.2) is 43.2 Å². The maximum absolute atomic E-state index is 12.3. The second-order valence-electron chi connectivity index (χ2n) is 4.56. The molecule has 1 aromatic rings. The van der Waals surface area contributed by atoms with Crippen molar-refractivity contribution < 1.29 is 14.3 Å². The standard InChI is InChI=1S/C15H19NO3/c1-3-9-19-14-6-4-13(5-7-14)15(17)16-8-10-18-12(2)11-16/h3-7,12H,1,8-11H2,2H3. The molecule has 1 saturated heterocycles. The Balaban J connectivity index is 2.00. The zero-order chi connectivity index (χ0) is 13.7. The van der Waals surface area contributed by atoms with E-state index in [-0.39, 0.29) is 12.0 Å². The first-order valence-corrected chi connectivity index (χ1v) is 6.45. The number of carbonyl (C=O) groups excluding carboxylic acids is 1. The smallest absolute Gasteiger partial charge is 0.254 e. The largest absolute Gasteiger partial charge is 0.490 e. The Morgan fingerprint density at radius 2 is 2.26 bits per heavy atom. The second kappa shape index (κ2) is 6.38. The highest BCUT2D eigenvalue weighted by Crippen LogP contribution is 2.15. The molecule has 1 aliphatic rings. The summed E-state index contributed by atoms with van der Waals surface area (Å²) in [5.74, 6) is 0.789. The minimum Gasteiger partial charge on any atom is -0.490 e. The Morgan fingerprint density at radius 3 is 2.89 bits per heavy atom. The molecule has 1 aromatic carbocycles. The zero-order valence-electron chi connectivity index (χ0n) is 11.2. The molecule has 1 amide bonds. The molecule has 1 atom stereocenters. The van der Waals surface area contributed by atoms with Crippen LogP contribution in [0.1, 0.15) is 17.3 Å². The van der Waals surface area contributed by atoms with E-state index in [0.717, 1.165) is 5.75 Å². The van der Waals surface area contributed by atoms with E-state index in [9.17, 15) is 4.79 Å². The van der Waals surface area contributed by atoms with Gasteiger partial charge in [0.1, 0.15) is 12.4 Å². The summed E-state index contributed by atoms with van der Waals surface area (Å²) in [6.07, 6.45) is 1.79. The number of carbonyl (C=O) groups is 1. The van der Waals surface area contributed by atoms with Gasteiger partial charge in [-0.15, -0.1) is 0 Å². The van der Waals surface area contributed by atoms with Crippen molar-refractivity contribution in [3.63, 3.8) is 0 Å². The second-order valence-corrected chi connectivity index (χ2v) is 4.56. The molecular formula is C15H19NO3. The first-order valence-electron chi connectivity index (χ1n) is 6.45. The van der Waals surface area contributed by atoms with E-state index in [1.165, 1.54) is 0 Å². The van der Waals surface area contributed by atoms with E-state index in [1.54, 1.807) is 30.3 Å². The van der Waals surface area contributed by atoms with Crippen LogP contribution >= 0.6 is 0 Å². The van der Waals surface area contributed by atoms with Crippen LogP contribution in [0.5, 0.6) is 5.75 Å². The molecule has 0 aromatic heterocycles. The van der Waals surface area contributed by atoms with Gasteiger partial charge in [0.25, 0.3) is 5.91 Å². The molecule has 0 radical (unpaired) electrons. The Kier molecular flexibility index (Phi) is 4.58. The fourth-order valence-corrected chi connectivity index (χ4v) is 2.03. The van der Waals surface area contributed by atoms with E-state index in [0.29, 0.717) is 31.9 Å². The average molecular weight is 261 g/mol. The fourth-order valence-electron chi connectivity index (χ4n) is 2.03. The van der Waals surface area contributed by atoms with Crippen molar-refractivity contribution in [2.75, 3.05) is 26.3 Å². The summed E-state index contributed by atoms with van der Waals surface area (Å²) < 4.78 is 10.8. The monoisotopic (exact) mass is 261 g/mol. The van der Waals surface area contributed by atoms with Crippen molar-refractivity contribution in [2.45, 2.75) is 13.0 Å². The van der Waals surface area contributed by atoms with Crippen LogP contribution in [0.3, 0.4) is 0 Å². The van der Waals surface area contributed by atoms with Gasteiger partial charge in [-0.3, -0.25) is 4.79 Å². The predicted molar refractivity (Wildman–Crippen MR) is 73.5 cm³/mol. The van der Waals surface area contributed by atoms with Gasteiger partial charge in [0.2, 0.25) is 0 Å². The minimum absolute atomic E-state index is 0.0467. The average Bonchev–Trinajstić information content (AvgIpc) is 2.45. The number of hydrogen-bond acceptors (Lipinski definition) is 3. The molecule has 0 bridgehead atoms. The lowest BCUT2D eigenvalue weighted by Gasteiger charge is -2.31. The number of amides is 1. The molecule has 0 N–H and O–H groups in total. The number of hydrogen-bond donors (Lipinski definition) is 0. The molecular weight excluding hydrogens is 242 g/mol. The lowest BCUT2D eigenvalue weighted by atomic mass is 10.1. The molecule has 4 heteroatoms. The highest BCUT2D eigenvalue weighted by molar-refractivity contribution is 5.94. The topological polar surface area (TPSA) is 38.8 Å². The summed E-state index contributed by atoms with van der Waals surface area (Å²) in [7, 11) is 0. The molecule has 2 rings (SSSR count). The van der Waals surface area contributed by atoms with E-state index in [2.05, 4.69) is 6.58 Å². The Morgan fingerprint density at radius 1 is 1.53 bits per heavy atom. The van der Waals surface area contributed by atoms with Crippen LogP contribution in [0, 0.1) is 0 Å². The highest BCUT2D eigenvalue weighted by atomic mass is 16.5. The Bertz CT molecular complexity index is 441. The number of nitrogens with zero attached hydrogens (tertiary/aromatic N) is 1. The molecule has 19 heavy (non-hydrogen) atoms. The van der Waals surface area contributed by atoms with Gasteiger partial charge in [-0.25, -0.2) is 0 Å². The zero-order valence-corrected chi connectivity index (χ0v) is 11.2. The summed E-state index contributed by atoms with van der Waals surface area (Å²) in [5.41, 5.74) is 0.681. The highest BCUT2D eigenvalue weighted by Gasteiger charge is 2.22. The third-order valence-electron chi connectivity index (χ3n) is 3.00. The molecule has 1 heterocycles. The number of benzene rings is 1. The third kappa shape index (κ3) is 3.58. The van der Waals surface area contributed by atoms with Gasteiger partial charge in [0, 0.05) is 18.7 Å². The molecule has 0 saturated carbocycles. The van der Waals surface area contributed by atoms with Crippen LogP contribution in [0.4, 0.5) is 0 Å². The summed E-state index contributed by atoms with van der Waals surface area (Å²) in [6.45, 7) is 7.94. The normalized spacial score (nSPS) is 19.0. The van der Waals surface area contributed by atoms with Crippen LogP contribution in [0.25, 0.3) is 0 Å². The van der Waals surface area contributed by atoms with Gasteiger partial charge >= 0.3 is 0 Å². The van der Waals surface area contributed by atoms with Crippen molar-refractivity contribution in [1.29, 1.82) is 0 Å². The van der Waals surface area contributed by atoms with Crippen molar-refractivity contribution in [2.24, 2.45) is 0 Å². The first-order chi connectivity index (χ1) is 9.20. The Hall–Kier alpha value is -1.81. The molecule has 1 unspecified atom stereocenters. The third-order valence-corrected chi connectivity index (χ3v) is 3.00. The summed E-state index contributed by atoms with van der Waals surface area (Å²) >= 11 is 0. The van der Waals surface area contributed by atoms with Crippen molar-refractivity contribution in [3.8, 4) is 5.75 Å². The maximum atomic E-state index is 12.3. The molecule has 1 fully saturated rings. The number of morpholine rings is 1. The number of ether oxygens (including phenoxy) is 2. The fraction of sp³-hybridized carbons (Fsp3) is 0.400. The van der Waals surface area contributed by atoms with E-state index < -0.39 is 0 Å². The van der Waals surface area contributed by atoms with Crippen LogP contribution in [0.2, 0.25) is 0 Å². The van der Waals surface area contributed by atoms with E-state index in [1.807, 2.05) is 11.8 Å². The minimum atomic E-state index is 0.0467. The maximum Gasteiger partial charge on any atom is 0.254 e. The summed E-state index contributed by atoms with van der Waals surface area (Å²) in [6, 6.07) is 7.20. The molecule has 102 valence electrons. The molecule has 0 aliphatic carbocycles. The lowest BCUT2D eigenvalue weighted by molar-refractivity contribution is -0.0124. The van der Waals surface area contributed by atoms with Crippen LogP contribution in [0.15, 0.2) is 36.9 Å². The van der Waals surface area contributed by atoms with Crippen LogP contribution < -0.4 is 4.74 Å². The van der Waals surface area contributed by atoms with Gasteiger partial charge in [-0.2, -0.15) is 0 Å². The van der Waals surface area contributed by atoms with Crippen molar-refractivity contribution in [3.05, 3.63) is 42.5 Å². The van der Waals surface area contributed by atoms with E-state index >= 15 is 0 Å². The van der Waals surface area contributed by atoms with Crippen molar-refractivity contribution in [1.82, 2.24) is 4.90 Å². The van der Waals surface area contributed by atoms with Gasteiger partial charge < -0.3 is 14.4 Å². The Labute approximate surface area is 113 Å². The quantitative estimate of drug-likeness (QED) is 0.779. The van der Waals surface area contributed by atoms with Crippen molar-refractivity contribution >= 4 is 5.91 Å². The first kappa shape index (κ1) is 13.6. The molecule has 1 aliphatic heterocycles. The van der Waals surface area contributed by atoms with Gasteiger partial charge in [0.15, 0.2) is 0 Å². The molecule has 0 spiro atoms. The SMILES string of the molecule is C=CCOc1ccc(C(=O)N2CCOC(C)C2)cc1. The predicted octanol–water partition coefficient (Wildman–Crippen LogP) is 2.11. The lowest BCUT2D eigenvalue weighted by Crippen LogP contribution is -2.44. The number of rotatable bonds is 4. The summed E-state index contributed by atoms with van der Waals surface area (Å²) in [4.78, 5) is 14.1. The van der Waals surface area contributed by atoms with E-state index in [4.69, 9.17) is 9.47 Å².